The van der Waals surface area contributed by atoms with Crippen LogP contribution in [-0.4, -0.2) is 77.3 Å². The molecule has 1 aromatic carbocycles. The molecular formula is C20H27N3O2S. The molecule has 6 heteroatoms. The van der Waals surface area contributed by atoms with Gasteiger partial charge in [0, 0.05) is 55.4 Å². The molecule has 0 aliphatic carbocycles. The minimum atomic E-state index is 0.104. The van der Waals surface area contributed by atoms with Crippen molar-refractivity contribution in [2.45, 2.75) is 25.8 Å². The first-order valence-corrected chi connectivity index (χ1v) is 10.9. The Morgan fingerprint density at radius 3 is 2.54 bits per heavy atom. The smallest absolute Gasteiger partial charge is 0.254 e. The number of rotatable bonds is 4. The summed E-state index contributed by atoms with van der Waals surface area (Å²) in [6.45, 7) is 6.32. The Hall–Kier alpha value is -1.53. The van der Waals surface area contributed by atoms with E-state index in [2.05, 4.69) is 4.90 Å². The number of fused-ring (bicyclic) bond motifs is 1. The Morgan fingerprint density at radius 2 is 1.77 bits per heavy atom. The molecule has 2 fully saturated rings. The van der Waals surface area contributed by atoms with Crippen LogP contribution in [-0.2, 0) is 6.54 Å². The van der Waals surface area contributed by atoms with Crippen LogP contribution in [0, 0.1) is 0 Å². The zero-order valence-corrected chi connectivity index (χ0v) is 16.1. The second kappa shape index (κ2) is 8.01. The first-order chi connectivity index (χ1) is 12.7. The molecule has 140 valence electrons. The third-order valence-electron chi connectivity index (χ3n) is 5.66. The summed E-state index contributed by atoms with van der Waals surface area (Å²) in [4.78, 5) is 31.7. The number of hydrogen-bond donors (Lipinski definition) is 0. The van der Waals surface area contributed by atoms with Gasteiger partial charge in [0.2, 0.25) is 0 Å². The predicted octanol–water partition coefficient (Wildman–Crippen LogP) is 2.32. The van der Waals surface area contributed by atoms with Gasteiger partial charge in [-0.25, -0.2) is 0 Å². The van der Waals surface area contributed by atoms with Crippen LogP contribution in [0.25, 0.3) is 0 Å². The molecule has 1 aromatic rings. The minimum absolute atomic E-state index is 0.104. The number of piperidine rings is 1. The summed E-state index contributed by atoms with van der Waals surface area (Å²) < 4.78 is 0. The van der Waals surface area contributed by atoms with E-state index < -0.39 is 0 Å². The van der Waals surface area contributed by atoms with E-state index in [-0.39, 0.29) is 11.8 Å². The molecule has 0 radical (unpaired) electrons. The fourth-order valence-corrected chi connectivity index (χ4v) is 4.99. The molecule has 5 nitrogen and oxygen atoms in total. The summed E-state index contributed by atoms with van der Waals surface area (Å²) in [5, 5.41) is 0. The molecule has 0 spiro atoms. The van der Waals surface area contributed by atoms with E-state index in [1.807, 2.05) is 39.8 Å². The quantitative estimate of drug-likeness (QED) is 0.812. The first-order valence-electron chi connectivity index (χ1n) is 9.74. The lowest BCUT2D eigenvalue weighted by Crippen LogP contribution is -2.38. The van der Waals surface area contributed by atoms with Crippen LogP contribution in [0.4, 0.5) is 0 Å². The van der Waals surface area contributed by atoms with Crippen LogP contribution in [0.2, 0.25) is 0 Å². The standard InChI is InChI=1S/C20H27N3O2S/c24-19(22-10-12-26-13-11-22)16-4-5-18-17(14-16)15-23(20(18)25)9-8-21-6-2-1-3-7-21/h4-5,14H,1-3,6-13,15H2. The number of amides is 2. The average Bonchev–Trinajstić information content (AvgIpc) is 3.02. The summed E-state index contributed by atoms with van der Waals surface area (Å²) in [6, 6.07) is 5.62. The summed E-state index contributed by atoms with van der Waals surface area (Å²) >= 11 is 1.90. The van der Waals surface area contributed by atoms with Gasteiger partial charge in [-0.15, -0.1) is 0 Å². The second-order valence-corrected chi connectivity index (χ2v) is 8.63. The van der Waals surface area contributed by atoms with E-state index in [4.69, 9.17) is 0 Å². The van der Waals surface area contributed by atoms with Crippen molar-refractivity contribution in [3.8, 4) is 0 Å². The highest BCUT2D eigenvalue weighted by atomic mass is 32.2. The van der Waals surface area contributed by atoms with Crippen molar-refractivity contribution in [2.75, 3.05) is 50.8 Å². The predicted molar refractivity (Wildman–Crippen MR) is 105 cm³/mol. The van der Waals surface area contributed by atoms with Gasteiger partial charge in [-0.05, 0) is 49.7 Å². The van der Waals surface area contributed by atoms with Crippen molar-refractivity contribution >= 4 is 23.6 Å². The number of thioether (sulfide) groups is 1. The van der Waals surface area contributed by atoms with E-state index in [1.165, 1.54) is 19.3 Å². The average molecular weight is 374 g/mol. The number of likely N-dealkylation sites (tertiary alicyclic amines) is 1. The van der Waals surface area contributed by atoms with Crippen molar-refractivity contribution in [1.29, 1.82) is 0 Å². The molecular weight excluding hydrogens is 346 g/mol. The Balaban J connectivity index is 1.40. The van der Waals surface area contributed by atoms with E-state index in [0.29, 0.717) is 6.54 Å². The summed E-state index contributed by atoms with van der Waals surface area (Å²) in [7, 11) is 0. The van der Waals surface area contributed by atoms with E-state index >= 15 is 0 Å². The van der Waals surface area contributed by atoms with Crippen molar-refractivity contribution in [3.05, 3.63) is 34.9 Å². The molecule has 0 saturated carbocycles. The molecule has 0 bridgehead atoms. The maximum absolute atomic E-state index is 12.7. The van der Waals surface area contributed by atoms with Gasteiger partial charge >= 0.3 is 0 Å². The van der Waals surface area contributed by atoms with Crippen molar-refractivity contribution in [1.82, 2.24) is 14.7 Å². The van der Waals surface area contributed by atoms with Gasteiger partial charge < -0.3 is 14.7 Å². The number of carbonyl (C=O) groups excluding carboxylic acids is 2. The van der Waals surface area contributed by atoms with Gasteiger partial charge in [-0.2, -0.15) is 11.8 Å². The summed E-state index contributed by atoms with van der Waals surface area (Å²) in [5.41, 5.74) is 2.50. The molecule has 0 unspecified atom stereocenters. The molecule has 4 rings (SSSR count). The number of benzene rings is 1. The largest absolute Gasteiger partial charge is 0.337 e. The lowest BCUT2D eigenvalue weighted by Gasteiger charge is -2.28. The SMILES string of the molecule is O=C(c1ccc2c(c1)CN(CCN1CCCCC1)C2=O)N1CCSCC1. The molecule has 0 N–H and O–H groups in total. The lowest BCUT2D eigenvalue weighted by atomic mass is 10.1. The van der Waals surface area contributed by atoms with Crippen LogP contribution < -0.4 is 0 Å². The molecule has 2 saturated heterocycles. The topological polar surface area (TPSA) is 43.9 Å². The summed E-state index contributed by atoms with van der Waals surface area (Å²) in [5.74, 6) is 2.25. The highest BCUT2D eigenvalue weighted by Gasteiger charge is 2.29. The minimum Gasteiger partial charge on any atom is -0.337 e. The summed E-state index contributed by atoms with van der Waals surface area (Å²) in [6.07, 6.45) is 3.88. The van der Waals surface area contributed by atoms with Gasteiger partial charge in [0.05, 0.1) is 0 Å². The van der Waals surface area contributed by atoms with Crippen molar-refractivity contribution < 1.29 is 9.59 Å². The highest BCUT2D eigenvalue weighted by molar-refractivity contribution is 7.99. The molecule has 0 aromatic heterocycles. The molecule has 3 aliphatic rings. The lowest BCUT2D eigenvalue weighted by molar-refractivity contribution is 0.0750. The Bertz CT molecular complexity index is 682. The third kappa shape index (κ3) is 3.76. The van der Waals surface area contributed by atoms with E-state index in [9.17, 15) is 9.59 Å². The normalized spacial score (nSPS) is 21.2. The van der Waals surface area contributed by atoms with Crippen LogP contribution in [0.3, 0.4) is 0 Å². The number of nitrogens with zero attached hydrogens (tertiary/aromatic N) is 3. The Labute approximate surface area is 159 Å². The van der Waals surface area contributed by atoms with Crippen LogP contribution in [0.5, 0.6) is 0 Å². The van der Waals surface area contributed by atoms with Crippen molar-refractivity contribution in [3.63, 3.8) is 0 Å². The van der Waals surface area contributed by atoms with Crippen LogP contribution in [0.15, 0.2) is 18.2 Å². The second-order valence-electron chi connectivity index (χ2n) is 7.41. The van der Waals surface area contributed by atoms with Crippen LogP contribution >= 0.6 is 11.8 Å². The van der Waals surface area contributed by atoms with E-state index in [1.54, 1.807) is 0 Å². The molecule has 26 heavy (non-hydrogen) atoms. The van der Waals surface area contributed by atoms with E-state index in [0.717, 1.165) is 67.5 Å². The monoisotopic (exact) mass is 373 g/mol. The van der Waals surface area contributed by atoms with Crippen LogP contribution in [0.1, 0.15) is 45.5 Å². The van der Waals surface area contributed by atoms with Gasteiger partial charge in [-0.3, -0.25) is 9.59 Å². The van der Waals surface area contributed by atoms with Gasteiger partial charge in [0.15, 0.2) is 0 Å². The van der Waals surface area contributed by atoms with Gasteiger partial charge in [0.25, 0.3) is 11.8 Å². The Morgan fingerprint density at radius 1 is 1.00 bits per heavy atom. The third-order valence-corrected chi connectivity index (χ3v) is 6.61. The van der Waals surface area contributed by atoms with Gasteiger partial charge in [0.1, 0.15) is 0 Å². The number of hydrogen-bond acceptors (Lipinski definition) is 4. The molecule has 3 aliphatic heterocycles. The molecule has 2 amide bonds. The van der Waals surface area contributed by atoms with Gasteiger partial charge in [-0.1, -0.05) is 6.42 Å². The fraction of sp³-hybridized carbons (Fsp3) is 0.600. The zero-order valence-electron chi connectivity index (χ0n) is 15.3. The maximum atomic E-state index is 12.7. The molecule has 3 heterocycles. The molecule has 0 atom stereocenters. The number of carbonyl (C=O) groups is 2. The Kier molecular flexibility index (Phi) is 5.50. The highest BCUT2D eigenvalue weighted by Crippen LogP contribution is 2.25. The zero-order chi connectivity index (χ0) is 17.9. The first kappa shape index (κ1) is 17.9. The maximum Gasteiger partial charge on any atom is 0.254 e. The fourth-order valence-electron chi connectivity index (χ4n) is 4.09. The van der Waals surface area contributed by atoms with Crippen molar-refractivity contribution in [2.24, 2.45) is 0 Å².